The Morgan fingerprint density at radius 2 is 1.75 bits per heavy atom. The van der Waals surface area contributed by atoms with Crippen molar-refractivity contribution < 1.29 is 9.59 Å². The van der Waals surface area contributed by atoms with E-state index in [9.17, 15) is 9.59 Å². The zero-order valence-corrected chi connectivity index (χ0v) is 17.5. The molecule has 1 aliphatic rings. The van der Waals surface area contributed by atoms with Gasteiger partial charge in [0.25, 0.3) is 11.8 Å². The lowest BCUT2D eigenvalue weighted by molar-refractivity contribution is -0.117. The summed E-state index contributed by atoms with van der Waals surface area (Å²) >= 11 is 1.34. The summed E-state index contributed by atoms with van der Waals surface area (Å²) in [5.41, 5.74) is 3.95. The van der Waals surface area contributed by atoms with Crippen LogP contribution in [0.25, 0.3) is 10.6 Å². The van der Waals surface area contributed by atoms with Crippen LogP contribution in [0.2, 0.25) is 0 Å². The molecule has 0 radical (unpaired) electrons. The first-order valence-electron chi connectivity index (χ1n) is 9.89. The van der Waals surface area contributed by atoms with Crippen molar-refractivity contribution in [3.05, 3.63) is 101 Å². The molecular formula is C24H17N5O2S. The third kappa shape index (κ3) is 3.91. The Morgan fingerprint density at radius 1 is 0.969 bits per heavy atom. The Hall–Kier alpha value is -4.17. The van der Waals surface area contributed by atoms with Crippen molar-refractivity contribution in [2.75, 3.05) is 5.32 Å². The lowest BCUT2D eigenvalue weighted by Crippen LogP contribution is -2.42. The standard InChI is InChI=1S/C24H17N5O2S/c30-22(19-14-32-24(27-19)16-9-6-12-25-13-16)29-21-23(31)26-18-11-5-4-10-17(18)20(28-21)15-7-2-1-3-8-15/h1-14,21H,(H,26,31)(H,29,30)/t21-/m1/s1. The van der Waals surface area contributed by atoms with Gasteiger partial charge in [-0.25, -0.2) is 9.98 Å². The van der Waals surface area contributed by atoms with Crippen molar-refractivity contribution >= 4 is 34.6 Å². The maximum atomic E-state index is 12.9. The predicted molar refractivity (Wildman–Crippen MR) is 124 cm³/mol. The minimum atomic E-state index is -1.10. The third-order valence-corrected chi connectivity index (χ3v) is 5.80. The first-order valence-corrected chi connectivity index (χ1v) is 10.8. The van der Waals surface area contributed by atoms with Gasteiger partial charge in [-0.05, 0) is 18.2 Å². The Morgan fingerprint density at radius 3 is 2.56 bits per heavy atom. The van der Waals surface area contributed by atoms with Gasteiger partial charge in [0, 0.05) is 34.5 Å². The Kier molecular flexibility index (Phi) is 5.27. The quantitative estimate of drug-likeness (QED) is 0.506. The maximum Gasteiger partial charge on any atom is 0.272 e. The molecule has 2 aromatic heterocycles. The van der Waals surface area contributed by atoms with Gasteiger partial charge < -0.3 is 10.6 Å². The third-order valence-electron chi connectivity index (χ3n) is 4.91. The summed E-state index contributed by atoms with van der Waals surface area (Å²) in [6.07, 6.45) is 2.26. The topological polar surface area (TPSA) is 96.3 Å². The molecule has 2 N–H and O–H groups in total. The van der Waals surface area contributed by atoms with Crippen LogP contribution in [0.5, 0.6) is 0 Å². The van der Waals surface area contributed by atoms with Gasteiger partial charge in [0.1, 0.15) is 10.7 Å². The summed E-state index contributed by atoms with van der Waals surface area (Å²) in [6.45, 7) is 0. The number of thiazole rings is 1. The lowest BCUT2D eigenvalue weighted by atomic mass is 10.0. The molecular weight excluding hydrogens is 422 g/mol. The van der Waals surface area contributed by atoms with E-state index in [-0.39, 0.29) is 5.69 Å². The normalized spacial score (nSPS) is 15.2. The maximum absolute atomic E-state index is 12.9. The molecule has 0 bridgehead atoms. The number of benzene rings is 2. The summed E-state index contributed by atoms with van der Waals surface area (Å²) in [5.74, 6) is -0.891. The molecule has 1 atom stereocenters. The molecule has 1 aliphatic heterocycles. The number of aromatic nitrogens is 2. The lowest BCUT2D eigenvalue weighted by Gasteiger charge is -2.12. The highest BCUT2D eigenvalue weighted by atomic mass is 32.1. The monoisotopic (exact) mass is 439 g/mol. The number of para-hydroxylation sites is 1. The van der Waals surface area contributed by atoms with E-state index in [1.165, 1.54) is 11.3 Å². The van der Waals surface area contributed by atoms with Crippen LogP contribution in [-0.2, 0) is 4.79 Å². The number of fused-ring (bicyclic) bond motifs is 1. The molecule has 7 nitrogen and oxygen atoms in total. The van der Waals surface area contributed by atoms with Crippen molar-refractivity contribution in [3.8, 4) is 10.6 Å². The second-order valence-electron chi connectivity index (χ2n) is 7.03. The predicted octanol–water partition coefficient (Wildman–Crippen LogP) is 3.75. The number of hydrogen-bond donors (Lipinski definition) is 2. The van der Waals surface area contributed by atoms with E-state index in [0.717, 1.165) is 16.7 Å². The van der Waals surface area contributed by atoms with E-state index in [2.05, 4.69) is 25.6 Å². The molecule has 0 saturated carbocycles. The number of aliphatic imine (C=N–C) groups is 1. The molecule has 156 valence electrons. The molecule has 3 heterocycles. The number of benzodiazepines with no additional fused rings is 1. The summed E-state index contributed by atoms with van der Waals surface area (Å²) in [6, 6.07) is 20.7. The number of amides is 2. The minimum Gasteiger partial charge on any atom is -0.322 e. The molecule has 0 unspecified atom stereocenters. The van der Waals surface area contributed by atoms with Crippen LogP contribution in [0.15, 0.2) is 89.5 Å². The second-order valence-corrected chi connectivity index (χ2v) is 7.89. The average Bonchev–Trinajstić information content (AvgIpc) is 3.29. The van der Waals surface area contributed by atoms with Gasteiger partial charge in [0.15, 0.2) is 0 Å². The Labute approximate surface area is 187 Å². The van der Waals surface area contributed by atoms with Gasteiger partial charge in [0.05, 0.1) is 11.4 Å². The molecule has 8 heteroatoms. The molecule has 0 spiro atoms. The Balaban J connectivity index is 1.46. The molecule has 5 rings (SSSR count). The van der Waals surface area contributed by atoms with Gasteiger partial charge in [-0.15, -0.1) is 11.3 Å². The summed E-state index contributed by atoms with van der Waals surface area (Å²) in [5, 5.41) is 7.91. The van der Waals surface area contributed by atoms with Crippen LogP contribution in [-0.4, -0.2) is 33.7 Å². The van der Waals surface area contributed by atoms with Gasteiger partial charge in [0.2, 0.25) is 6.17 Å². The first kappa shape index (κ1) is 19.8. The number of carbonyl (C=O) groups is 2. The van der Waals surface area contributed by atoms with E-state index in [1.54, 1.807) is 17.8 Å². The van der Waals surface area contributed by atoms with Crippen molar-refractivity contribution in [3.63, 3.8) is 0 Å². The highest BCUT2D eigenvalue weighted by Gasteiger charge is 2.28. The number of anilines is 1. The zero-order chi connectivity index (χ0) is 21.9. The van der Waals surface area contributed by atoms with Crippen molar-refractivity contribution in [1.82, 2.24) is 15.3 Å². The van der Waals surface area contributed by atoms with Crippen LogP contribution in [0, 0.1) is 0 Å². The van der Waals surface area contributed by atoms with Crippen LogP contribution < -0.4 is 10.6 Å². The molecule has 0 aliphatic carbocycles. The number of pyridine rings is 1. The van der Waals surface area contributed by atoms with Crippen molar-refractivity contribution in [2.24, 2.45) is 4.99 Å². The Bertz CT molecular complexity index is 1320. The molecule has 0 saturated heterocycles. The molecule has 2 aromatic carbocycles. The van der Waals surface area contributed by atoms with E-state index in [4.69, 9.17) is 0 Å². The minimum absolute atomic E-state index is 0.222. The van der Waals surface area contributed by atoms with Crippen LogP contribution in [0.1, 0.15) is 21.6 Å². The summed E-state index contributed by atoms with van der Waals surface area (Å²) in [7, 11) is 0. The van der Waals surface area contributed by atoms with Crippen molar-refractivity contribution in [1.29, 1.82) is 0 Å². The van der Waals surface area contributed by atoms with Gasteiger partial charge in [-0.2, -0.15) is 0 Å². The number of rotatable bonds is 4. The fourth-order valence-electron chi connectivity index (χ4n) is 3.38. The SMILES string of the molecule is O=C(N[C@H]1N=C(c2ccccc2)c2ccccc2NC1=O)c1csc(-c2cccnc2)n1. The fourth-order valence-corrected chi connectivity index (χ4v) is 4.17. The first-order chi connectivity index (χ1) is 15.7. The zero-order valence-electron chi connectivity index (χ0n) is 16.7. The number of nitrogens with one attached hydrogen (secondary N) is 2. The van der Waals surface area contributed by atoms with E-state index >= 15 is 0 Å². The largest absolute Gasteiger partial charge is 0.322 e. The smallest absolute Gasteiger partial charge is 0.272 e. The summed E-state index contributed by atoms with van der Waals surface area (Å²) in [4.78, 5) is 38.9. The number of carbonyl (C=O) groups excluding carboxylic acids is 2. The molecule has 32 heavy (non-hydrogen) atoms. The molecule has 4 aromatic rings. The van der Waals surface area contributed by atoms with Gasteiger partial charge in [-0.1, -0.05) is 48.5 Å². The van der Waals surface area contributed by atoms with Crippen LogP contribution in [0.4, 0.5) is 5.69 Å². The van der Waals surface area contributed by atoms with Gasteiger partial charge in [-0.3, -0.25) is 14.6 Å². The summed E-state index contributed by atoms with van der Waals surface area (Å²) < 4.78 is 0. The number of nitrogens with zero attached hydrogens (tertiary/aromatic N) is 3. The number of hydrogen-bond acceptors (Lipinski definition) is 6. The van der Waals surface area contributed by atoms with E-state index < -0.39 is 18.0 Å². The van der Waals surface area contributed by atoms with E-state index in [1.807, 2.05) is 66.7 Å². The molecule has 0 fully saturated rings. The average molecular weight is 440 g/mol. The highest BCUT2D eigenvalue weighted by Crippen LogP contribution is 2.25. The fraction of sp³-hybridized carbons (Fsp3) is 0.0417. The van der Waals surface area contributed by atoms with Crippen LogP contribution in [0.3, 0.4) is 0 Å². The van der Waals surface area contributed by atoms with Crippen LogP contribution >= 0.6 is 11.3 Å². The van der Waals surface area contributed by atoms with Crippen molar-refractivity contribution in [2.45, 2.75) is 6.17 Å². The second kappa shape index (κ2) is 8.52. The van der Waals surface area contributed by atoms with E-state index in [0.29, 0.717) is 16.4 Å². The van der Waals surface area contributed by atoms with Gasteiger partial charge >= 0.3 is 0 Å². The highest BCUT2D eigenvalue weighted by molar-refractivity contribution is 7.13. The molecule has 2 amide bonds.